The van der Waals surface area contributed by atoms with Crippen LogP contribution in [0, 0.1) is 0 Å². The fourth-order valence-corrected chi connectivity index (χ4v) is 4.72. The van der Waals surface area contributed by atoms with E-state index in [2.05, 4.69) is 28.6 Å². The summed E-state index contributed by atoms with van der Waals surface area (Å²) in [6.45, 7) is 5.42. The Labute approximate surface area is 285 Å². The van der Waals surface area contributed by atoms with Crippen LogP contribution in [0.25, 0.3) is 0 Å². The molecule has 0 heterocycles. The lowest BCUT2D eigenvalue weighted by molar-refractivity contribution is -0.143. The molecule has 6 N–H and O–H groups in total. The van der Waals surface area contributed by atoms with Gasteiger partial charge in [0.2, 0.25) is 22.8 Å². The average molecular weight is 690 g/mol. The number of hydrogen-bond acceptors (Lipinski definition) is 7. The van der Waals surface area contributed by atoms with Crippen LogP contribution in [0.3, 0.4) is 0 Å². The number of thiol groups is 1. The van der Waals surface area contributed by atoms with Gasteiger partial charge in [0.1, 0.15) is 12.1 Å². The second kappa shape index (κ2) is 30.2. The summed E-state index contributed by atoms with van der Waals surface area (Å²) < 4.78 is 0. The zero-order valence-corrected chi connectivity index (χ0v) is 29.4. The minimum atomic E-state index is -1.39. The number of hydrogen-bond donors (Lipinski definition) is 7. The molecular weight excluding hydrogens is 630 g/mol. The number of carboxylic acid groups (broad SMARTS) is 3. The lowest BCUT2D eigenvalue weighted by Gasteiger charge is -2.17. The molecule has 0 radical (unpaired) electrons. The fourth-order valence-electron chi connectivity index (χ4n) is 4.66. The van der Waals surface area contributed by atoms with Crippen molar-refractivity contribution < 1.29 is 48.9 Å². The number of carboxylic acids is 3. The molecule has 0 aliphatic rings. The third-order valence-electron chi connectivity index (χ3n) is 7.38. The van der Waals surface area contributed by atoms with Gasteiger partial charge in [-0.2, -0.15) is 0 Å². The van der Waals surface area contributed by atoms with Crippen molar-refractivity contribution in [3.05, 3.63) is 0 Å². The van der Waals surface area contributed by atoms with Gasteiger partial charge in [-0.25, -0.2) is 9.59 Å². The molecule has 14 heteroatoms. The summed E-state index contributed by atoms with van der Waals surface area (Å²) in [6, 6.07) is -3.53. The van der Waals surface area contributed by atoms with Crippen LogP contribution in [0.1, 0.15) is 149 Å². The minimum Gasteiger partial charge on any atom is -0.481 e. The molecule has 3 atom stereocenters. The third-order valence-corrected chi connectivity index (χ3v) is 7.77. The van der Waals surface area contributed by atoms with Gasteiger partial charge in [0.25, 0.3) is 0 Å². The zero-order chi connectivity index (χ0) is 36.0. The molecule has 47 heavy (non-hydrogen) atoms. The van der Waals surface area contributed by atoms with Gasteiger partial charge in [0.05, 0.1) is 6.04 Å². The first-order chi connectivity index (χ1) is 22.3. The second-order valence-electron chi connectivity index (χ2n) is 11.5. The van der Waals surface area contributed by atoms with E-state index in [0.29, 0.717) is 6.42 Å². The van der Waals surface area contributed by atoms with Crippen molar-refractivity contribution in [3.63, 3.8) is 0 Å². The molecule has 0 saturated carbocycles. The lowest BCUT2D eigenvalue weighted by atomic mass is 10.0. The summed E-state index contributed by atoms with van der Waals surface area (Å²) in [4.78, 5) is 81.1. The number of carbonyl (C=O) groups excluding carboxylic acids is 4. The first kappa shape index (κ1) is 46.0. The Hall–Kier alpha value is -3.16. The summed E-state index contributed by atoms with van der Waals surface area (Å²) in [5.74, 6) is -5.13. The molecule has 13 nitrogen and oxygen atoms in total. The fraction of sp³-hybridized carbons (Fsp3) is 0.788. The third kappa shape index (κ3) is 28.8. The van der Waals surface area contributed by atoms with Crippen LogP contribution in [0.5, 0.6) is 0 Å². The van der Waals surface area contributed by atoms with E-state index >= 15 is 0 Å². The van der Waals surface area contributed by atoms with Crippen molar-refractivity contribution in [1.29, 1.82) is 0 Å². The summed E-state index contributed by atoms with van der Waals surface area (Å²) in [7, 11) is 0. The normalized spacial score (nSPS) is 12.4. The van der Waals surface area contributed by atoms with E-state index in [-0.39, 0.29) is 38.5 Å². The molecule has 0 spiro atoms. The molecule has 0 aliphatic carbocycles. The summed E-state index contributed by atoms with van der Waals surface area (Å²) in [6.07, 6.45) is 14.0. The lowest BCUT2D eigenvalue weighted by Crippen LogP contribution is -2.44. The van der Waals surface area contributed by atoms with Gasteiger partial charge in [-0.1, -0.05) is 90.9 Å². The SMILES string of the molecule is CC.CC(NC(=O)CC[C@H](NC(=O)CCC(NC(=O)CCCCCCCCCCCCCCCCC(=O)O)C(=O)O)C(=O)O)C(=O)S. The zero-order valence-electron chi connectivity index (χ0n) is 28.5. The molecule has 0 aliphatic heterocycles. The van der Waals surface area contributed by atoms with Crippen LogP contribution in [0.2, 0.25) is 0 Å². The number of carbonyl (C=O) groups is 7. The van der Waals surface area contributed by atoms with Crippen LogP contribution in [-0.2, 0) is 33.6 Å². The standard InChI is InChI=1S/C31H53N3O10S.C2H6/c1-22(31(44)45)32-26(36)20-18-24(30(42)43)34-27(37)21-19-23(29(40)41)33-25(35)16-14-12-10-8-6-4-2-3-5-7-9-11-13-15-17-28(38)39;1-2/h22-24H,2-21H2,1H3,(H,32,36)(H,33,35)(H,34,37)(H,38,39)(H,40,41)(H,42,43)(H,44,45);1-2H3/t22?,23?,24-;/m0./s1. The Morgan fingerprint density at radius 3 is 1.11 bits per heavy atom. The predicted octanol–water partition coefficient (Wildman–Crippen LogP) is 5.00. The van der Waals surface area contributed by atoms with Gasteiger partial charge < -0.3 is 31.3 Å². The molecule has 272 valence electrons. The number of amides is 3. The minimum absolute atomic E-state index is 0.173. The number of rotatable bonds is 29. The van der Waals surface area contributed by atoms with Crippen LogP contribution < -0.4 is 16.0 Å². The maximum atomic E-state index is 12.3. The summed E-state index contributed by atoms with van der Waals surface area (Å²) in [5.41, 5.74) is 0. The molecule has 0 rings (SSSR count). The maximum Gasteiger partial charge on any atom is 0.326 e. The maximum absolute atomic E-state index is 12.3. The molecule has 2 unspecified atom stereocenters. The number of nitrogens with one attached hydrogen (secondary N) is 3. The Morgan fingerprint density at radius 1 is 0.489 bits per heavy atom. The van der Waals surface area contributed by atoms with Gasteiger partial charge in [-0.3, -0.25) is 24.0 Å². The van der Waals surface area contributed by atoms with E-state index in [1.165, 1.54) is 39.0 Å². The molecule has 0 fully saturated rings. The van der Waals surface area contributed by atoms with Gasteiger partial charge in [-0.15, -0.1) is 12.6 Å². The highest BCUT2D eigenvalue weighted by Crippen LogP contribution is 2.14. The monoisotopic (exact) mass is 689 g/mol. The van der Waals surface area contributed by atoms with Crippen molar-refractivity contribution in [2.24, 2.45) is 0 Å². The van der Waals surface area contributed by atoms with Gasteiger partial charge in [0.15, 0.2) is 0 Å². The average Bonchev–Trinajstić information content (AvgIpc) is 3.01. The first-order valence-corrected chi connectivity index (χ1v) is 17.6. The van der Waals surface area contributed by atoms with E-state index in [0.717, 1.165) is 51.4 Å². The van der Waals surface area contributed by atoms with Crippen molar-refractivity contribution >= 4 is 53.4 Å². The topological polar surface area (TPSA) is 216 Å². The molecule has 3 amide bonds. The highest BCUT2D eigenvalue weighted by atomic mass is 32.1. The predicted molar refractivity (Wildman–Crippen MR) is 182 cm³/mol. The van der Waals surface area contributed by atoms with Crippen LogP contribution in [0.15, 0.2) is 0 Å². The van der Waals surface area contributed by atoms with Crippen molar-refractivity contribution in [2.45, 2.75) is 167 Å². The van der Waals surface area contributed by atoms with E-state index in [9.17, 15) is 43.8 Å². The van der Waals surface area contributed by atoms with Crippen LogP contribution in [0.4, 0.5) is 0 Å². The molecular formula is C33H59N3O10S. The number of aliphatic carboxylic acids is 3. The van der Waals surface area contributed by atoms with E-state index in [4.69, 9.17) is 5.11 Å². The van der Waals surface area contributed by atoms with E-state index in [1.54, 1.807) is 0 Å². The Bertz CT molecular complexity index is 948. The van der Waals surface area contributed by atoms with Crippen LogP contribution in [-0.4, -0.2) is 74.2 Å². The van der Waals surface area contributed by atoms with Crippen LogP contribution >= 0.6 is 12.6 Å². The molecule has 0 bridgehead atoms. The van der Waals surface area contributed by atoms with E-state index in [1.807, 2.05) is 13.8 Å². The van der Waals surface area contributed by atoms with Crippen molar-refractivity contribution in [3.8, 4) is 0 Å². The van der Waals surface area contributed by atoms with Gasteiger partial charge >= 0.3 is 17.9 Å². The van der Waals surface area contributed by atoms with E-state index < -0.39 is 58.9 Å². The van der Waals surface area contributed by atoms with Gasteiger partial charge in [-0.05, 0) is 32.6 Å². The Kier molecular flexibility index (Phi) is 29.5. The summed E-state index contributed by atoms with van der Waals surface area (Å²) >= 11 is 3.60. The first-order valence-electron chi connectivity index (χ1n) is 17.1. The smallest absolute Gasteiger partial charge is 0.326 e. The Balaban J connectivity index is 0. The molecule has 0 aromatic rings. The quantitative estimate of drug-likeness (QED) is 0.0412. The Morgan fingerprint density at radius 2 is 0.787 bits per heavy atom. The molecule has 0 saturated heterocycles. The largest absolute Gasteiger partial charge is 0.481 e. The van der Waals surface area contributed by atoms with Crippen molar-refractivity contribution in [2.75, 3.05) is 0 Å². The number of unbranched alkanes of at least 4 members (excludes halogenated alkanes) is 13. The second-order valence-corrected chi connectivity index (χ2v) is 11.9. The highest BCUT2D eigenvalue weighted by molar-refractivity contribution is 7.96. The molecule has 0 aromatic heterocycles. The van der Waals surface area contributed by atoms with Crippen molar-refractivity contribution in [1.82, 2.24) is 16.0 Å². The van der Waals surface area contributed by atoms with Gasteiger partial charge in [0, 0.05) is 25.7 Å². The highest BCUT2D eigenvalue weighted by Gasteiger charge is 2.25. The summed E-state index contributed by atoms with van der Waals surface area (Å²) in [5, 5.41) is 33.9. The molecule has 0 aromatic carbocycles.